The van der Waals surface area contributed by atoms with Crippen molar-refractivity contribution in [2.75, 3.05) is 65.7 Å². The Hall–Kier alpha value is -1.22. The first-order chi connectivity index (χ1) is 23.1. The van der Waals surface area contributed by atoms with E-state index in [1.165, 1.54) is 116 Å². The molecule has 47 heavy (non-hydrogen) atoms. The van der Waals surface area contributed by atoms with E-state index in [0.29, 0.717) is 52.2 Å². The van der Waals surface area contributed by atoms with Crippen molar-refractivity contribution in [3.63, 3.8) is 0 Å². The van der Waals surface area contributed by atoms with Crippen LogP contribution in [0.5, 0.6) is 0 Å². The van der Waals surface area contributed by atoms with Crippen LogP contribution in [0.1, 0.15) is 174 Å². The van der Waals surface area contributed by atoms with Crippen molar-refractivity contribution >= 4 is 11.9 Å². The molecule has 0 atom stereocenters. The lowest BCUT2D eigenvalue weighted by Gasteiger charge is -2.24. The first-order valence-corrected chi connectivity index (χ1v) is 20.0. The normalized spacial score (nSPS) is 11.5. The Morgan fingerprint density at radius 2 is 0.702 bits per heavy atom. The first-order valence-electron chi connectivity index (χ1n) is 20.0. The molecule has 0 aromatic rings. The number of nitrogens with zero attached hydrogens (tertiary/aromatic N) is 2. The minimum Gasteiger partial charge on any atom is -0.466 e. The maximum Gasteiger partial charge on any atom is 0.307 e. The second-order valence-electron chi connectivity index (χ2n) is 13.5. The van der Waals surface area contributed by atoms with E-state index in [1.54, 1.807) is 0 Å². The molecule has 0 saturated heterocycles. The predicted molar refractivity (Wildman–Crippen MR) is 196 cm³/mol. The van der Waals surface area contributed by atoms with Gasteiger partial charge in [0.1, 0.15) is 0 Å². The van der Waals surface area contributed by atoms with Crippen LogP contribution in [0.4, 0.5) is 0 Å². The summed E-state index contributed by atoms with van der Waals surface area (Å²) in [5.41, 5.74) is 0. The van der Waals surface area contributed by atoms with E-state index < -0.39 is 0 Å². The van der Waals surface area contributed by atoms with E-state index >= 15 is 0 Å². The van der Waals surface area contributed by atoms with Gasteiger partial charge in [-0.25, -0.2) is 0 Å². The van der Waals surface area contributed by atoms with Crippen LogP contribution in [0.2, 0.25) is 0 Å². The van der Waals surface area contributed by atoms with E-state index in [0.717, 1.165) is 45.2 Å². The number of aliphatic hydroxyl groups excluding tert-OH is 2. The first kappa shape index (κ1) is 45.8. The Morgan fingerprint density at radius 3 is 1.02 bits per heavy atom. The molecule has 280 valence electrons. The highest BCUT2D eigenvalue weighted by atomic mass is 16.5. The standard InChI is InChI=1S/C39H78N2O6/c1-3-5-7-9-11-13-15-17-19-21-23-36-46-38(44)26-30-40(28-25-29-41(32-34-42)33-35-43)31-27-39(45)47-37-24-22-20-18-16-14-12-10-8-6-4-2/h42-43H,3-37H2,1-2H3. The smallest absolute Gasteiger partial charge is 0.307 e. The number of ether oxygens (including phenoxy) is 2. The topological polar surface area (TPSA) is 99.5 Å². The van der Waals surface area contributed by atoms with Gasteiger partial charge in [-0.3, -0.25) is 14.5 Å². The largest absolute Gasteiger partial charge is 0.466 e. The van der Waals surface area contributed by atoms with E-state index in [1.807, 2.05) is 4.90 Å². The van der Waals surface area contributed by atoms with Gasteiger partial charge in [0.2, 0.25) is 0 Å². The van der Waals surface area contributed by atoms with Crippen molar-refractivity contribution in [3.05, 3.63) is 0 Å². The molecule has 0 aliphatic rings. The molecule has 0 amide bonds. The molecule has 0 aromatic heterocycles. The number of hydrogen-bond donors (Lipinski definition) is 2. The third-order valence-corrected chi connectivity index (χ3v) is 9.07. The van der Waals surface area contributed by atoms with Gasteiger partial charge in [0.15, 0.2) is 0 Å². The van der Waals surface area contributed by atoms with Crippen molar-refractivity contribution in [1.29, 1.82) is 0 Å². The second-order valence-corrected chi connectivity index (χ2v) is 13.5. The number of carbonyl (C=O) groups excluding carboxylic acids is 2. The van der Waals surface area contributed by atoms with Crippen LogP contribution in [0, 0.1) is 0 Å². The zero-order valence-corrected chi connectivity index (χ0v) is 31.2. The Balaban J connectivity index is 4.21. The Kier molecular flexibility index (Phi) is 36.6. The lowest BCUT2D eigenvalue weighted by molar-refractivity contribution is -0.144. The molecule has 0 aliphatic heterocycles. The van der Waals surface area contributed by atoms with Gasteiger partial charge < -0.3 is 24.6 Å². The monoisotopic (exact) mass is 671 g/mol. The Bertz CT molecular complexity index is 615. The summed E-state index contributed by atoms with van der Waals surface area (Å²) in [6, 6.07) is 0. The summed E-state index contributed by atoms with van der Waals surface area (Å²) < 4.78 is 11.0. The third-order valence-electron chi connectivity index (χ3n) is 9.07. The molecule has 0 heterocycles. The van der Waals surface area contributed by atoms with Gasteiger partial charge in [0.25, 0.3) is 0 Å². The fraction of sp³-hybridized carbons (Fsp3) is 0.949. The van der Waals surface area contributed by atoms with Gasteiger partial charge in [-0.1, -0.05) is 142 Å². The van der Waals surface area contributed by atoms with Crippen LogP contribution >= 0.6 is 0 Å². The van der Waals surface area contributed by atoms with E-state index in [4.69, 9.17) is 9.47 Å². The summed E-state index contributed by atoms with van der Waals surface area (Å²) in [5, 5.41) is 18.6. The van der Waals surface area contributed by atoms with Gasteiger partial charge in [-0.2, -0.15) is 0 Å². The van der Waals surface area contributed by atoms with Gasteiger partial charge in [-0.15, -0.1) is 0 Å². The summed E-state index contributed by atoms with van der Waals surface area (Å²) in [5.74, 6) is -0.355. The SMILES string of the molecule is CCCCCCCCCCCCCOC(=O)CCN(CCCN(CCO)CCO)CCC(=O)OCCCCCCCCCCCCC. The average Bonchev–Trinajstić information content (AvgIpc) is 3.06. The molecule has 0 unspecified atom stereocenters. The molecule has 0 saturated carbocycles. The molecule has 2 N–H and O–H groups in total. The maximum atomic E-state index is 12.5. The van der Waals surface area contributed by atoms with Crippen LogP contribution in [0.15, 0.2) is 0 Å². The minimum absolute atomic E-state index is 0.0552. The number of esters is 2. The lowest BCUT2D eigenvalue weighted by atomic mass is 10.1. The van der Waals surface area contributed by atoms with Gasteiger partial charge in [-0.05, 0) is 32.4 Å². The Labute approximate surface area is 290 Å². The predicted octanol–water partition coefficient (Wildman–Crippen LogP) is 8.45. The summed E-state index contributed by atoms with van der Waals surface area (Å²) in [6.07, 6.45) is 29.3. The van der Waals surface area contributed by atoms with Crippen molar-refractivity contribution in [1.82, 2.24) is 9.80 Å². The molecule has 0 aromatic carbocycles. The zero-order valence-electron chi connectivity index (χ0n) is 31.2. The molecule has 0 spiro atoms. The summed E-state index contributed by atoms with van der Waals surface area (Å²) in [4.78, 5) is 29.1. The van der Waals surface area contributed by atoms with E-state index in [-0.39, 0.29) is 25.2 Å². The van der Waals surface area contributed by atoms with Crippen LogP contribution in [-0.4, -0.2) is 97.6 Å². The van der Waals surface area contributed by atoms with Crippen molar-refractivity contribution < 1.29 is 29.3 Å². The van der Waals surface area contributed by atoms with Crippen molar-refractivity contribution in [3.8, 4) is 0 Å². The van der Waals surface area contributed by atoms with E-state index in [2.05, 4.69) is 18.7 Å². The second kappa shape index (κ2) is 37.6. The fourth-order valence-corrected chi connectivity index (χ4v) is 6.02. The molecule has 0 fully saturated rings. The maximum absolute atomic E-state index is 12.5. The van der Waals surface area contributed by atoms with Gasteiger partial charge in [0.05, 0.1) is 39.3 Å². The molecule has 0 rings (SSSR count). The van der Waals surface area contributed by atoms with Crippen molar-refractivity contribution in [2.45, 2.75) is 174 Å². The average molecular weight is 671 g/mol. The number of carbonyl (C=O) groups is 2. The highest BCUT2D eigenvalue weighted by molar-refractivity contribution is 5.70. The Morgan fingerprint density at radius 1 is 0.404 bits per heavy atom. The van der Waals surface area contributed by atoms with Gasteiger partial charge in [0, 0.05) is 26.2 Å². The number of unbranched alkanes of at least 4 members (excludes halogenated alkanes) is 20. The highest BCUT2D eigenvalue weighted by Gasteiger charge is 2.13. The lowest BCUT2D eigenvalue weighted by Crippen LogP contribution is -2.35. The molecule has 8 heteroatoms. The number of rotatable bonds is 38. The number of hydrogen-bond acceptors (Lipinski definition) is 8. The molecule has 0 radical (unpaired) electrons. The van der Waals surface area contributed by atoms with Crippen LogP contribution < -0.4 is 0 Å². The van der Waals surface area contributed by atoms with Gasteiger partial charge >= 0.3 is 11.9 Å². The summed E-state index contributed by atoms with van der Waals surface area (Å²) in [7, 11) is 0. The van der Waals surface area contributed by atoms with Crippen LogP contribution in [-0.2, 0) is 19.1 Å². The number of aliphatic hydroxyl groups is 2. The van der Waals surface area contributed by atoms with Crippen LogP contribution in [0.25, 0.3) is 0 Å². The summed E-state index contributed by atoms with van der Waals surface area (Å²) >= 11 is 0. The molecule has 0 bridgehead atoms. The molecule has 0 aliphatic carbocycles. The van der Waals surface area contributed by atoms with Crippen molar-refractivity contribution in [2.24, 2.45) is 0 Å². The quantitative estimate of drug-likeness (QED) is 0.0499. The fourth-order valence-electron chi connectivity index (χ4n) is 6.02. The molecular weight excluding hydrogens is 592 g/mol. The minimum atomic E-state index is -0.177. The molecule has 8 nitrogen and oxygen atoms in total. The highest BCUT2D eigenvalue weighted by Crippen LogP contribution is 2.13. The molecular formula is C39H78N2O6. The third kappa shape index (κ3) is 34.4. The van der Waals surface area contributed by atoms with Crippen LogP contribution in [0.3, 0.4) is 0 Å². The summed E-state index contributed by atoms with van der Waals surface area (Å²) in [6.45, 7) is 9.20. The van der Waals surface area contributed by atoms with E-state index in [9.17, 15) is 19.8 Å². The zero-order chi connectivity index (χ0) is 34.5.